The lowest BCUT2D eigenvalue weighted by atomic mass is 10.2. The summed E-state index contributed by atoms with van der Waals surface area (Å²) < 4.78 is 16.0. The van der Waals surface area contributed by atoms with Gasteiger partial charge in [0.05, 0.1) is 11.9 Å². The summed E-state index contributed by atoms with van der Waals surface area (Å²) in [6, 6.07) is 5.88. The van der Waals surface area contributed by atoms with Gasteiger partial charge in [0, 0.05) is 11.0 Å². The highest BCUT2D eigenvalue weighted by Gasteiger charge is 2.16. The molecular formula is C16H17N3O5. The predicted molar refractivity (Wildman–Crippen MR) is 86.7 cm³/mol. The number of fused-ring (bicyclic) bond motifs is 1. The monoisotopic (exact) mass is 331 g/mol. The SMILES string of the molecule is CC(C)(C)OC(=O)COc1ccc2oc(CN=[N+]=[N-])cc(=O)c2c1. The third-order valence-corrected chi connectivity index (χ3v) is 2.82. The van der Waals surface area contributed by atoms with E-state index < -0.39 is 11.6 Å². The average molecular weight is 331 g/mol. The number of ether oxygens (including phenoxy) is 2. The minimum atomic E-state index is -0.590. The Hall–Kier alpha value is -2.99. The molecule has 0 unspecified atom stereocenters. The van der Waals surface area contributed by atoms with Crippen LogP contribution in [0.25, 0.3) is 21.4 Å². The minimum Gasteiger partial charge on any atom is -0.482 e. The van der Waals surface area contributed by atoms with E-state index in [1.807, 2.05) is 0 Å². The molecule has 0 saturated carbocycles. The predicted octanol–water partition coefficient (Wildman–Crippen LogP) is 3.32. The van der Waals surface area contributed by atoms with Crippen molar-refractivity contribution in [3.8, 4) is 5.75 Å². The molecule has 0 aliphatic heterocycles. The van der Waals surface area contributed by atoms with Crippen LogP contribution in [-0.4, -0.2) is 18.2 Å². The van der Waals surface area contributed by atoms with Gasteiger partial charge in [-0.15, -0.1) is 0 Å². The van der Waals surface area contributed by atoms with Gasteiger partial charge in [0.15, 0.2) is 12.0 Å². The summed E-state index contributed by atoms with van der Waals surface area (Å²) in [6.45, 7) is 4.99. The van der Waals surface area contributed by atoms with Gasteiger partial charge >= 0.3 is 5.97 Å². The summed E-state index contributed by atoms with van der Waals surface area (Å²) >= 11 is 0. The van der Waals surface area contributed by atoms with Gasteiger partial charge in [-0.1, -0.05) is 5.11 Å². The maximum absolute atomic E-state index is 12.1. The number of rotatable bonds is 5. The Morgan fingerprint density at radius 2 is 2.08 bits per heavy atom. The van der Waals surface area contributed by atoms with E-state index in [0.29, 0.717) is 16.7 Å². The van der Waals surface area contributed by atoms with Crippen molar-refractivity contribution in [2.75, 3.05) is 6.61 Å². The summed E-state index contributed by atoms with van der Waals surface area (Å²) in [5, 5.41) is 3.66. The third-order valence-electron chi connectivity index (χ3n) is 2.82. The molecule has 0 radical (unpaired) electrons. The molecule has 0 bridgehead atoms. The molecule has 0 spiro atoms. The summed E-state index contributed by atoms with van der Waals surface area (Å²) in [6.07, 6.45) is 0. The van der Waals surface area contributed by atoms with Gasteiger partial charge in [-0.25, -0.2) is 4.79 Å². The van der Waals surface area contributed by atoms with Gasteiger partial charge in [0.1, 0.15) is 22.7 Å². The first kappa shape index (κ1) is 17.4. The summed E-state index contributed by atoms with van der Waals surface area (Å²) in [4.78, 5) is 26.4. The van der Waals surface area contributed by atoms with Gasteiger partial charge in [-0.3, -0.25) is 4.79 Å². The number of hydrogen-bond acceptors (Lipinski definition) is 6. The summed E-state index contributed by atoms with van der Waals surface area (Å²) in [5.74, 6) is 0.121. The molecular weight excluding hydrogens is 314 g/mol. The van der Waals surface area contributed by atoms with E-state index in [1.54, 1.807) is 32.9 Å². The Bertz CT molecular complexity index is 860. The van der Waals surface area contributed by atoms with E-state index in [0.717, 1.165) is 0 Å². The standard InChI is InChI=1S/C16H17N3O5/c1-16(2,3)24-15(21)9-22-10-4-5-14-12(6-10)13(20)7-11(23-14)8-18-19-17/h4-7H,8-9H2,1-3H3. The Kier molecular flexibility index (Phi) is 5.11. The molecule has 1 aromatic heterocycles. The van der Waals surface area contributed by atoms with Crippen LogP contribution in [0.5, 0.6) is 5.75 Å². The van der Waals surface area contributed by atoms with Crippen molar-refractivity contribution in [1.82, 2.24) is 0 Å². The Morgan fingerprint density at radius 3 is 2.75 bits per heavy atom. The number of esters is 1. The van der Waals surface area contributed by atoms with Crippen molar-refractivity contribution in [1.29, 1.82) is 0 Å². The number of carbonyl (C=O) groups is 1. The fourth-order valence-electron chi connectivity index (χ4n) is 1.97. The van der Waals surface area contributed by atoms with Crippen molar-refractivity contribution < 1.29 is 18.7 Å². The van der Waals surface area contributed by atoms with Crippen LogP contribution in [0.3, 0.4) is 0 Å². The molecule has 0 aliphatic rings. The van der Waals surface area contributed by atoms with Gasteiger partial charge in [-0.2, -0.15) is 0 Å². The Balaban J connectivity index is 2.16. The fraction of sp³-hybridized carbons (Fsp3) is 0.375. The van der Waals surface area contributed by atoms with E-state index >= 15 is 0 Å². The second-order valence-electron chi connectivity index (χ2n) is 6.00. The van der Waals surface area contributed by atoms with Gasteiger partial charge in [0.25, 0.3) is 0 Å². The molecule has 1 aromatic carbocycles. The topological polar surface area (TPSA) is 114 Å². The van der Waals surface area contributed by atoms with Crippen LogP contribution in [0.15, 0.2) is 38.6 Å². The van der Waals surface area contributed by atoms with Crippen molar-refractivity contribution in [2.24, 2.45) is 5.11 Å². The normalized spacial score (nSPS) is 11.0. The first-order valence-corrected chi connectivity index (χ1v) is 7.21. The van der Waals surface area contributed by atoms with Gasteiger partial charge in [-0.05, 0) is 44.5 Å². The Labute approximate surface area is 137 Å². The highest BCUT2D eigenvalue weighted by molar-refractivity contribution is 5.78. The molecule has 1 heterocycles. The number of nitrogens with zero attached hydrogens (tertiary/aromatic N) is 3. The molecule has 8 nitrogen and oxygen atoms in total. The van der Waals surface area contributed by atoms with E-state index in [-0.39, 0.29) is 24.3 Å². The van der Waals surface area contributed by atoms with Crippen molar-refractivity contribution >= 4 is 16.9 Å². The van der Waals surface area contributed by atoms with E-state index in [1.165, 1.54) is 12.1 Å². The summed E-state index contributed by atoms with van der Waals surface area (Å²) in [7, 11) is 0. The number of carbonyl (C=O) groups excluding carboxylic acids is 1. The molecule has 0 aliphatic carbocycles. The lowest BCUT2D eigenvalue weighted by Gasteiger charge is -2.19. The molecule has 2 rings (SSSR count). The molecule has 0 atom stereocenters. The van der Waals surface area contributed by atoms with Crippen molar-refractivity contribution in [3.63, 3.8) is 0 Å². The van der Waals surface area contributed by atoms with Crippen LogP contribution in [0.1, 0.15) is 26.5 Å². The molecule has 24 heavy (non-hydrogen) atoms. The minimum absolute atomic E-state index is 0.0431. The molecule has 0 amide bonds. The first-order valence-electron chi connectivity index (χ1n) is 7.21. The maximum atomic E-state index is 12.1. The third kappa shape index (κ3) is 4.76. The van der Waals surface area contributed by atoms with Crippen LogP contribution in [-0.2, 0) is 16.1 Å². The number of hydrogen-bond donors (Lipinski definition) is 0. The zero-order chi connectivity index (χ0) is 17.7. The number of benzene rings is 1. The smallest absolute Gasteiger partial charge is 0.344 e. The first-order chi connectivity index (χ1) is 11.3. The summed E-state index contributed by atoms with van der Waals surface area (Å²) in [5.41, 5.74) is 7.77. The largest absolute Gasteiger partial charge is 0.482 e. The van der Waals surface area contributed by atoms with Crippen LogP contribution in [0.2, 0.25) is 0 Å². The molecule has 8 heteroatoms. The zero-order valence-corrected chi connectivity index (χ0v) is 13.6. The highest BCUT2D eigenvalue weighted by atomic mass is 16.6. The van der Waals surface area contributed by atoms with E-state index in [4.69, 9.17) is 19.4 Å². The molecule has 0 fully saturated rings. The molecule has 0 N–H and O–H groups in total. The second-order valence-corrected chi connectivity index (χ2v) is 6.00. The zero-order valence-electron chi connectivity index (χ0n) is 13.6. The average Bonchev–Trinajstić information content (AvgIpc) is 2.49. The fourth-order valence-corrected chi connectivity index (χ4v) is 1.97. The van der Waals surface area contributed by atoms with Crippen LogP contribution in [0.4, 0.5) is 0 Å². The van der Waals surface area contributed by atoms with Gasteiger partial charge < -0.3 is 13.9 Å². The van der Waals surface area contributed by atoms with Crippen LogP contribution < -0.4 is 10.2 Å². The van der Waals surface area contributed by atoms with Crippen LogP contribution >= 0.6 is 0 Å². The second kappa shape index (κ2) is 7.06. The van der Waals surface area contributed by atoms with Crippen molar-refractivity contribution in [2.45, 2.75) is 32.9 Å². The van der Waals surface area contributed by atoms with Crippen molar-refractivity contribution in [3.05, 3.63) is 50.7 Å². The Morgan fingerprint density at radius 1 is 1.33 bits per heavy atom. The lowest BCUT2D eigenvalue weighted by molar-refractivity contribution is -0.157. The molecule has 126 valence electrons. The molecule has 2 aromatic rings. The quantitative estimate of drug-likeness (QED) is 0.361. The molecule has 0 saturated heterocycles. The lowest BCUT2D eigenvalue weighted by Crippen LogP contribution is -2.27. The van der Waals surface area contributed by atoms with Crippen LogP contribution in [0, 0.1) is 0 Å². The van der Waals surface area contributed by atoms with E-state index in [2.05, 4.69) is 10.0 Å². The maximum Gasteiger partial charge on any atom is 0.344 e. The number of azide groups is 1. The highest BCUT2D eigenvalue weighted by Crippen LogP contribution is 2.20. The van der Waals surface area contributed by atoms with Gasteiger partial charge in [0.2, 0.25) is 0 Å². The van der Waals surface area contributed by atoms with E-state index in [9.17, 15) is 9.59 Å².